The lowest BCUT2D eigenvalue weighted by atomic mass is 9.92. The minimum atomic E-state index is -0.380. The molecule has 3 rings (SSSR count). The van der Waals surface area contributed by atoms with E-state index in [2.05, 4.69) is 48.1 Å². The molecule has 2 heterocycles. The highest BCUT2D eigenvalue weighted by atomic mass is 16.3. The van der Waals surface area contributed by atoms with Crippen molar-refractivity contribution in [1.29, 1.82) is 0 Å². The van der Waals surface area contributed by atoms with Crippen LogP contribution in [0.2, 0.25) is 0 Å². The van der Waals surface area contributed by atoms with Gasteiger partial charge in [0.25, 0.3) is 0 Å². The SMILES string of the molecule is CCCNc1nc(NC)nc2c(N[C@H]3CCCC[C@@H]3O)nc(NC)nc12. The Morgan fingerprint density at radius 1 is 0.923 bits per heavy atom. The molecule has 0 spiro atoms. The van der Waals surface area contributed by atoms with E-state index in [1.807, 2.05) is 0 Å². The maximum atomic E-state index is 10.3. The summed E-state index contributed by atoms with van der Waals surface area (Å²) in [5, 5.41) is 23.0. The van der Waals surface area contributed by atoms with Crippen LogP contribution in [0.4, 0.5) is 23.5 Å². The lowest BCUT2D eigenvalue weighted by Crippen LogP contribution is -2.36. The van der Waals surface area contributed by atoms with Crippen molar-refractivity contribution < 1.29 is 5.11 Å². The van der Waals surface area contributed by atoms with Gasteiger partial charge < -0.3 is 26.4 Å². The molecule has 0 saturated heterocycles. The topological polar surface area (TPSA) is 120 Å². The average Bonchev–Trinajstić information content (AvgIpc) is 2.67. The molecule has 0 bridgehead atoms. The first-order chi connectivity index (χ1) is 12.7. The summed E-state index contributed by atoms with van der Waals surface area (Å²) in [6, 6.07) is -0.0355. The fourth-order valence-electron chi connectivity index (χ4n) is 3.16. The van der Waals surface area contributed by atoms with Crippen LogP contribution in [0.25, 0.3) is 11.0 Å². The van der Waals surface area contributed by atoms with Gasteiger partial charge in [0.1, 0.15) is 11.0 Å². The van der Waals surface area contributed by atoms with Crippen molar-refractivity contribution in [2.24, 2.45) is 0 Å². The highest BCUT2D eigenvalue weighted by molar-refractivity contribution is 5.94. The van der Waals surface area contributed by atoms with Crippen LogP contribution in [0.5, 0.6) is 0 Å². The standard InChI is InChI=1S/C17H28N8O/c1-4-9-20-14-12-13(23-16(18-2)24-14)15(25-17(19-3)22-12)21-10-7-5-6-8-11(10)26/h10-11,26H,4-9H2,1-3H3,(H2,18,20,23,24)(H2,19,21,22,25)/t10-,11-/m0/s1. The zero-order valence-corrected chi connectivity index (χ0v) is 15.6. The Morgan fingerprint density at radius 3 is 2.15 bits per heavy atom. The van der Waals surface area contributed by atoms with Gasteiger partial charge in [-0.05, 0) is 19.3 Å². The van der Waals surface area contributed by atoms with E-state index in [-0.39, 0.29) is 12.1 Å². The summed E-state index contributed by atoms with van der Waals surface area (Å²) in [6.07, 6.45) is 4.46. The van der Waals surface area contributed by atoms with Gasteiger partial charge in [-0.3, -0.25) is 0 Å². The molecule has 1 saturated carbocycles. The van der Waals surface area contributed by atoms with Crippen molar-refractivity contribution in [3.8, 4) is 0 Å². The van der Waals surface area contributed by atoms with E-state index in [0.717, 1.165) is 38.6 Å². The molecule has 9 nitrogen and oxygen atoms in total. The second-order valence-corrected chi connectivity index (χ2v) is 6.52. The van der Waals surface area contributed by atoms with Crippen molar-refractivity contribution in [3.63, 3.8) is 0 Å². The van der Waals surface area contributed by atoms with Crippen LogP contribution >= 0.6 is 0 Å². The summed E-state index contributed by atoms with van der Waals surface area (Å²) < 4.78 is 0. The summed E-state index contributed by atoms with van der Waals surface area (Å²) in [5.41, 5.74) is 1.30. The first-order valence-electron chi connectivity index (χ1n) is 9.30. The average molecular weight is 360 g/mol. The van der Waals surface area contributed by atoms with Gasteiger partial charge in [-0.2, -0.15) is 9.97 Å². The minimum absolute atomic E-state index is 0.0355. The van der Waals surface area contributed by atoms with Crippen LogP contribution < -0.4 is 21.3 Å². The van der Waals surface area contributed by atoms with E-state index in [1.165, 1.54) is 0 Å². The fourth-order valence-corrected chi connectivity index (χ4v) is 3.16. The first kappa shape index (κ1) is 18.4. The molecule has 2 aromatic rings. The molecule has 0 amide bonds. The Hall–Kier alpha value is -2.42. The Morgan fingerprint density at radius 2 is 1.54 bits per heavy atom. The molecule has 142 valence electrons. The summed E-state index contributed by atoms with van der Waals surface area (Å²) in [7, 11) is 3.56. The third kappa shape index (κ3) is 3.87. The lowest BCUT2D eigenvalue weighted by Gasteiger charge is -2.29. The number of aliphatic hydroxyl groups excluding tert-OH is 1. The Kier molecular flexibility index (Phi) is 5.87. The fraction of sp³-hybridized carbons (Fsp3) is 0.647. The van der Waals surface area contributed by atoms with E-state index in [1.54, 1.807) is 14.1 Å². The Balaban J connectivity index is 2.07. The molecule has 2 atom stereocenters. The summed E-state index contributed by atoms with van der Waals surface area (Å²) in [6.45, 7) is 2.89. The quantitative estimate of drug-likeness (QED) is 0.505. The molecule has 0 unspecified atom stereocenters. The van der Waals surface area contributed by atoms with Crippen molar-refractivity contribution >= 4 is 34.6 Å². The second kappa shape index (κ2) is 8.31. The predicted octanol–water partition coefficient (Wildman–Crippen LogP) is 2.04. The van der Waals surface area contributed by atoms with E-state index in [4.69, 9.17) is 0 Å². The zero-order chi connectivity index (χ0) is 18.5. The largest absolute Gasteiger partial charge is 0.391 e. The van der Waals surface area contributed by atoms with Crippen molar-refractivity contribution in [2.45, 2.75) is 51.2 Å². The van der Waals surface area contributed by atoms with Gasteiger partial charge in [0, 0.05) is 20.6 Å². The highest BCUT2D eigenvalue weighted by Gasteiger charge is 2.25. The Labute approximate surface area is 153 Å². The number of rotatable bonds is 7. The van der Waals surface area contributed by atoms with Gasteiger partial charge in [0.15, 0.2) is 11.6 Å². The molecule has 0 aliphatic heterocycles. The first-order valence-corrected chi connectivity index (χ1v) is 9.30. The number of hydrogen-bond acceptors (Lipinski definition) is 9. The van der Waals surface area contributed by atoms with Crippen LogP contribution in [0.3, 0.4) is 0 Å². The van der Waals surface area contributed by atoms with Crippen LogP contribution in [0.15, 0.2) is 0 Å². The lowest BCUT2D eigenvalue weighted by molar-refractivity contribution is 0.116. The number of nitrogens with zero attached hydrogens (tertiary/aromatic N) is 4. The molecule has 5 N–H and O–H groups in total. The van der Waals surface area contributed by atoms with Gasteiger partial charge in [0.2, 0.25) is 11.9 Å². The second-order valence-electron chi connectivity index (χ2n) is 6.52. The maximum absolute atomic E-state index is 10.3. The molecule has 26 heavy (non-hydrogen) atoms. The summed E-state index contributed by atoms with van der Waals surface area (Å²) >= 11 is 0. The van der Waals surface area contributed by atoms with Gasteiger partial charge in [-0.1, -0.05) is 19.8 Å². The van der Waals surface area contributed by atoms with Crippen LogP contribution in [-0.2, 0) is 0 Å². The van der Waals surface area contributed by atoms with Crippen LogP contribution in [-0.4, -0.2) is 57.8 Å². The predicted molar refractivity (Wildman–Crippen MR) is 105 cm³/mol. The molecular weight excluding hydrogens is 332 g/mol. The van der Waals surface area contributed by atoms with E-state index in [9.17, 15) is 5.11 Å². The summed E-state index contributed by atoms with van der Waals surface area (Å²) in [4.78, 5) is 18.2. The van der Waals surface area contributed by atoms with Crippen molar-refractivity contribution in [3.05, 3.63) is 0 Å². The molecule has 1 aliphatic carbocycles. The van der Waals surface area contributed by atoms with E-state index in [0.29, 0.717) is 34.6 Å². The molecule has 2 aromatic heterocycles. The highest BCUT2D eigenvalue weighted by Crippen LogP contribution is 2.29. The molecular formula is C17H28N8O. The van der Waals surface area contributed by atoms with Gasteiger partial charge in [-0.15, -0.1) is 0 Å². The normalized spacial score (nSPS) is 20.0. The Bertz CT molecular complexity index is 753. The molecule has 1 aliphatic rings. The maximum Gasteiger partial charge on any atom is 0.225 e. The third-order valence-corrected chi connectivity index (χ3v) is 4.58. The number of aliphatic hydroxyl groups is 1. The van der Waals surface area contributed by atoms with E-state index >= 15 is 0 Å². The minimum Gasteiger partial charge on any atom is -0.391 e. The van der Waals surface area contributed by atoms with Crippen LogP contribution in [0.1, 0.15) is 39.0 Å². The van der Waals surface area contributed by atoms with Crippen molar-refractivity contribution in [1.82, 2.24) is 19.9 Å². The smallest absolute Gasteiger partial charge is 0.225 e. The number of aromatic nitrogens is 4. The van der Waals surface area contributed by atoms with Crippen molar-refractivity contribution in [2.75, 3.05) is 41.9 Å². The van der Waals surface area contributed by atoms with Crippen LogP contribution in [0, 0.1) is 0 Å². The molecule has 1 fully saturated rings. The van der Waals surface area contributed by atoms with Gasteiger partial charge in [-0.25, -0.2) is 9.97 Å². The monoisotopic (exact) mass is 360 g/mol. The number of anilines is 4. The van der Waals surface area contributed by atoms with Gasteiger partial charge in [0.05, 0.1) is 12.1 Å². The van der Waals surface area contributed by atoms with E-state index < -0.39 is 0 Å². The molecule has 0 radical (unpaired) electrons. The number of hydrogen-bond donors (Lipinski definition) is 5. The molecule has 0 aromatic carbocycles. The zero-order valence-electron chi connectivity index (χ0n) is 15.6. The third-order valence-electron chi connectivity index (χ3n) is 4.58. The number of nitrogens with one attached hydrogen (secondary N) is 4. The summed E-state index contributed by atoms with van der Waals surface area (Å²) in [5.74, 6) is 2.28. The number of fused-ring (bicyclic) bond motifs is 1. The van der Waals surface area contributed by atoms with Gasteiger partial charge >= 0.3 is 0 Å². The molecule has 9 heteroatoms.